The van der Waals surface area contributed by atoms with Gasteiger partial charge in [-0.3, -0.25) is 0 Å². The Labute approximate surface area is 127 Å². The monoisotopic (exact) mass is 336 g/mol. The van der Waals surface area contributed by atoms with Gasteiger partial charge in [0.1, 0.15) is 0 Å². The Balaban J connectivity index is 1.99. The maximum absolute atomic E-state index is 4.39. The third-order valence-electron chi connectivity index (χ3n) is 2.75. The molecule has 19 heavy (non-hydrogen) atoms. The minimum Gasteiger partial charge on any atom is -0.309 e. The van der Waals surface area contributed by atoms with E-state index in [9.17, 15) is 0 Å². The summed E-state index contributed by atoms with van der Waals surface area (Å²) in [5, 5.41) is 4.58. The van der Waals surface area contributed by atoms with E-state index in [0.29, 0.717) is 6.04 Å². The highest BCUT2D eigenvalue weighted by Crippen LogP contribution is 2.24. The Bertz CT molecular complexity index is 487. The van der Waals surface area contributed by atoms with Crippen LogP contribution in [0.2, 0.25) is 0 Å². The second-order valence-corrected chi connectivity index (χ2v) is 6.10. The van der Waals surface area contributed by atoms with Gasteiger partial charge < -0.3 is 5.32 Å². The van der Waals surface area contributed by atoms with Crippen LogP contribution in [-0.4, -0.2) is 17.3 Å². The fraction of sp³-hybridized carbons (Fsp3) is 0.267. The molecule has 0 aliphatic carbocycles. The summed E-state index contributed by atoms with van der Waals surface area (Å²) in [5.74, 6) is 0.979. The molecule has 0 spiro atoms. The van der Waals surface area contributed by atoms with Crippen LogP contribution in [0.1, 0.15) is 18.5 Å². The maximum Gasteiger partial charge on any atom is 0.0961 e. The molecule has 0 aliphatic heterocycles. The van der Waals surface area contributed by atoms with Gasteiger partial charge in [0.2, 0.25) is 0 Å². The first kappa shape index (κ1) is 14.6. The molecule has 1 aromatic carbocycles. The highest BCUT2D eigenvalue weighted by Gasteiger charge is 2.10. The Hall–Kier alpha value is -0.840. The second-order valence-electron chi connectivity index (χ2n) is 4.15. The van der Waals surface area contributed by atoms with Crippen molar-refractivity contribution in [1.29, 1.82) is 0 Å². The molecule has 2 rings (SSSR count). The average molecular weight is 337 g/mol. The van der Waals surface area contributed by atoms with Crippen LogP contribution >= 0.6 is 27.7 Å². The smallest absolute Gasteiger partial charge is 0.0961 e. The zero-order valence-electron chi connectivity index (χ0n) is 10.8. The lowest BCUT2D eigenvalue weighted by molar-refractivity contribution is 0.606. The van der Waals surface area contributed by atoms with Crippen LogP contribution in [0.15, 0.2) is 58.2 Å². The van der Waals surface area contributed by atoms with E-state index < -0.39 is 0 Å². The summed E-state index contributed by atoms with van der Waals surface area (Å²) in [6.07, 6.45) is 1.84. The first-order chi connectivity index (χ1) is 9.29. The molecule has 0 amide bonds. The third-order valence-corrected chi connectivity index (χ3v) is 4.26. The normalized spacial score (nSPS) is 12.3. The van der Waals surface area contributed by atoms with Gasteiger partial charge in [-0.2, -0.15) is 0 Å². The summed E-state index contributed by atoms with van der Waals surface area (Å²) in [4.78, 5) is 4.39. The van der Waals surface area contributed by atoms with Crippen molar-refractivity contribution in [3.8, 4) is 0 Å². The molecule has 1 unspecified atom stereocenters. The number of nitrogens with one attached hydrogen (secondary N) is 1. The quantitative estimate of drug-likeness (QED) is 0.796. The van der Waals surface area contributed by atoms with Gasteiger partial charge in [-0.1, -0.05) is 37.3 Å². The van der Waals surface area contributed by atoms with E-state index in [1.165, 1.54) is 5.56 Å². The number of rotatable bonds is 6. The Morgan fingerprint density at radius 2 is 2.00 bits per heavy atom. The standard InChI is InChI=1S/C15H17BrN2S/c1-2-17-14(12-6-4-3-5-7-12)11-19-15-9-8-13(16)10-18-15/h3-10,14,17H,2,11H2,1H3. The SMILES string of the molecule is CCNC(CSc1ccc(Br)cn1)c1ccccc1. The van der Waals surface area contributed by atoms with Crippen molar-refractivity contribution in [2.45, 2.75) is 18.0 Å². The highest BCUT2D eigenvalue weighted by molar-refractivity contribution is 9.10. The van der Waals surface area contributed by atoms with E-state index in [1.54, 1.807) is 11.8 Å². The predicted molar refractivity (Wildman–Crippen MR) is 85.5 cm³/mol. The van der Waals surface area contributed by atoms with Crippen LogP contribution in [0.25, 0.3) is 0 Å². The van der Waals surface area contributed by atoms with Gasteiger partial charge in [0.25, 0.3) is 0 Å². The van der Waals surface area contributed by atoms with Crippen molar-refractivity contribution in [2.24, 2.45) is 0 Å². The number of halogens is 1. The topological polar surface area (TPSA) is 24.9 Å². The van der Waals surface area contributed by atoms with Crippen LogP contribution in [0.5, 0.6) is 0 Å². The summed E-state index contributed by atoms with van der Waals surface area (Å²) in [7, 11) is 0. The molecular weight excluding hydrogens is 320 g/mol. The summed E-state index contributed by atoms with van der Waals surface area (Å²) in [6.45, 7) is 3.10. The highest BCUT2D eigenvalue weighted by atomic mass is 79.9. The van der Waals surface area contributed by atoms with E-state index in [2.05, 4.69) is 63.5 Å². The van der Waals surface area contributed by atoms with Crippen molar-refractivity contribution in [1.82, 2.24) is 10.3 Å². The molecule has 100 valence electrons. The molecule has 2 nitrogen and oxygen atoms in total. The average Bonchev–Trinajstić information content (AvgIpc) is 2.46. The summed E-state index contributed by atoms with van der Waals surface area (Å²) in [5.41, 5.74) is 1.33. The molecule has 0 saturated heterocycles. The predicted octanol–water partition coefficient (Wildman–Crippen LogP) is 4.29. The van der Waals surface area contributed by atoms with Crippen LogP contribution in [-0.2, 0) is 0 Å². The Morgan fingerprint density at radius 1 is 1.21 bits per heavy atom. The number of hydrogen-bond acceptors (Lipinski definition) is 3. The van der Waals surface area contributed by atoms with Crippen LogP contribution in [0.3, 0.4) is 0 Å². The first-order valence-electron chi connectivity index (χ1n) is 6.32. The van der Waals surface area contributed by atoms with Crippen LogP contribution in [0.4, 0.5) is 0 Å². The van der Waals surface area contributed by atoms with Crippen LogP contribution in [0, 0.1) is 0 Å². The van der Waals surface area contributed by atoms with E-state index in [4.69, 9.17) is 0 Å². The maximum atomic E-state index is 4.39. The Morgan fingerprint density at radius 3 is 2.63 bits per heavy atom. The molecule has 0 saturated carbocycles. The number of hydrogen-bond donors (Lipinski definition) is 1. The van der Waals surface area contributed by atoms with Gasteiger partial charge >= 0.3 is 0 Å². The molecule has 1 atom stereocenters. The summed E-state index contributed by atoms with van der Waals surface area (Å²) in [6, 6.07) is 15.0. The van der Waals surface area contributed by atoms with Gasteiger partial charge in [0, 0.05) is 22.5 Å². The zero-order valence-corrected chi connectivity index (χ0v) is 13.2. The van der Waals surface area contributed by atoms with Crippen molar-refractivity contribution < 1.29 is 0 Å². The molecule has 1 aromatic heterocycles. The number of pyridine rings is 1. The molecule has 0 bridgehead atoms. The second kappa shape index (κ2) is 7.68. The largest absolute Gasteiger partial charge is 0.309 e. The first-order valence-corrected chi connectivity index (χ1v) is 8.10. The summed E-state index contributed by atoms with van der Waals surface area (Å²) >= 11 is 5.18. The molecule has 0 aliphatic rings. The van der Waals surface area contributed by atoms with E-state index in [0.717, 1.165) is 21.8 Å². The lowest BCUT2D eigenvalue weighted by Crippen LogP contribution is -2.22. The van der Waals surface area contributed by atoms with Gasteiger partial charge in [0.15, 0.2) is 0 Å². The number of thioether (sulfide) groups is 1. The van der Waals surface area contributed by atoms with E-state index >= 15 is 0 Å². The third kappa shape index (κ3) is 4.64. The lowest BCUT2D eigenvalue weighted by Gasteiger charge is -2.17. The minimum absolute atomic E-state index is 0.363. The zero-order chi connectivity index (χ0) is 13.5. The molecule has 1 N–H and O–H groups in total. The van der Waals surface area contributed by atoms with E-state index in [-0.39, 0.29) is 0 Å². The Kier molecular flexibility index (Phi) is 5.89. The lowest BCUT2D eigenvalue weighted by atomic mass is 10.1. The molecule has 2 aromatic rings. The minimum atomic E-state index is 0.363. The van der Waals surface area contributed by atoms with Gasteiger partial charge in [-0.25, -0.2) is 4.98 Å². The van der Waals surface area contributed by atoms with E-state index in [1.807, 2.05) is 18.3 Å². The fourth-order valence-corrected chi connectivity index (χ4v) is 2.99. The number of benzene rings is 1. The molecule has 0 radical (unpaired) electrons. The van der Waals surface area contributed by atoms with Crippen LogP contribution < -0.4 is 5.32 Å². The molecular formula is C15H17BrN2S. The molecule has 4 heteroatoms. The van der Waals surface area contributed by atoms with Gasteiger partial charge in [-0.05, 0) is 40.2 Å². The van der Waals surface area contributed by atoms with Crippen molar-refractivity contribution in [3.63, 3.8) is 0 Å². The molecule has 0 fully saturated rings. The van der Waals surface area contributed by atoms with Gasteiger partial charge in [-0.15, -0.1) is 11.8 Å². The molecule has 1 heterocycles. The van der Waals surface area contributed by atoms with Gasteiger partial charge in [0.05, 0.1) is 5.03 Å². The van der Waals surface area contributed by atoms with Crippen molar-refractivity contribution in [2.75, 3.05) is 12.3 Å². The number of aromatic nitrogens is 1. The summed E-state index contributed by atoms with van der Waals surface area (Å²) < 4.78 is 1.02. The fourth-order valence-electron chi connectivity index (χ4n) is 1.82. The van der Waals surface area contributed by atoms with Crippen molar-refractivity contribution in [3.05, 3.63) is 58.7 Å². The number of nitrogens with zero attached hydrogens (tertiary/aromatic N) is 1. The van der Waals surface area contributed by atoms with Crippen molar-refractivity contribution >= 4 is 27.7 Å².